The summed E-state index contributed by atoms with van der Waals surface area (Å²) in [6.07, 6.45) is 3.09. The third kappa shape index (κ3) is 2.88. The van der Waals surface area contributed by atoms with Crippen LogP contribution in [0.5, 0.6) is 0 Å². The molecular formula is C14H17NO3. The molecule has 1 amide bonds. The third-order valence-electron chi connectivity index (χ3n) is 3.33. The highest BCUT2D eigenvalue weighted by atomic mass is 16.4. The van der Waals surface area contributed by atoms with Crippen LogP contribution in [0.25, 0.3) is 0 Å². The van der Waals surface area contributed by atoms with Crippen molar-refractivity contribution in [3.8, 4) is 0 Å². The Morgan fingerprint density at radius 2 is 2.22 bits per heavy atom. The highest BCUT2D eigenvalue weighted by Gasteiger charge is 2.22. The van der Waals surface area contributed by atoms with E-state index in [1.807, 2.05) is 18.2 Å². The standard InChI is InChI=1S/C14H17NO3/c1-9(16)15-12-6-5-10-3-2-4-11(7-14(17)18)13(10)8-12/h5-6,8,11H,2-4,7H2,1H3,(H,15,16)(H,17,18). The number of carboxylic acids is 1. The number of aryl methyl sites for hydroxylation is 1. The lowest BCUT2D eigenvalue weighted by molar-refractivity contribution is -0.137. The second kappa shape index (κ2) is 5.21. The van der Waals surface area contributed by atoms with E-state index in [4.69, 9.17) is 5.11 Å². The molecule has 2 rings (SSSR count). The van der Waals surface area contributed by atoms with Gasteiger partial charge >= 0.3 is 5.97 Å². The fourth-order valence-electron chi connectivity index (χ4n) is 2.60. The average Bonchev–Trinajstić information content (AvgIpc) is 2.28. The number of amides is 1. The van der Waals surface area contributed by atoms with Crippen molar-refractivity contribution < 1.29 is 14.7 Å². The highest BCUT2D eigenvalue weighted by Crippen LogP contribution is 2.35. The van der Waals surface area contributed by atoms with Crippen LogP contribution in [0.4, 0.5) is 5.69 Å². The summed E-state index contributed by atoms with van der Waals surface area (Å²) in [5.41, 5.74) is 3.04. The van der Waals surface area contributed by atoms with Crippen molar-refractivity contribution in [2.75, 3.05) is 5.32 Å². The molecule has 0 saturated heterocycles. The molecule has 0 heterocycles. The van der Waals surface area contributed by atoms with E-state index in [9.17, 15) is 9.59 Å². The normalized spacial score (nSPS) is 17.9. The molecule has 0 radical (unpaired) electrons. The summed E-state index contributed by atoms with van der Waals surface area (Å²) < 4.78 is 0. The van der Waals surface area contributed by atoms with Gasteiger partial charge in [0.1, 0.15) is 0 Å². The zero-order chi connectivity index (χ0) is 13.1. The van der Waals surface area contributed by atoms with Gasteiger partial charge in [0, 0.05) is 12.6 Å². The molecule has 18 heavy (non-hydrogen) atoms. The topological polar surface area (TPSA) is 66.4 Å². The van der Waals surface area contributed by atoms with Crippen LogP contribution in [0.2, 0.25) is 0 Å². The first-order valence-corrected chi connectivity index (χ1v) is 6.18. The van der Waals surface area contributed by atoms with Crippen molar-refractivity contribution in [2.45, 2.75) is 38.5 Å². The smallest absolute Gasteiger partial charge is 0.303 e. The van der Waals surface area contributed by atoms with Crippen LogP contribution in [-0.2, 0) is 16.0 Å². The van der Waals surface area contributed by atoms with Gasteiger partial charge in [0.05, 0.1) is 6.42 Å². The summed E-state index contributed by atoms with van der Waals surface area (Å²) >= 11 is 0. The molecule has 0 aromatic heterocycles. The number of carbonyl (C=O) groups is 2. The molecule has 4 nitrogen and oxygen atoms in total. The first kappa shape index (κ1) is 12.6. The summed E-state index contributed by atoms with van der Waals surface area (Å²) in [4.78, 5) is 21.9. The Morgan fingerprint density at radius 1 is 1.44 bits per heavy atom. The first-order chi connectivity index (χ1) is 8.56. The Bertz CT molecular complexity index is 482. The molecule has 0 saturated carbocycles. The average molecular weight is 247 g/mol. The van der Waals surface area contributed by atoms with E-state index >= 15 is 0 Å². The van der Waals surface area contributed by atoms with Gasteiger partial charge in [0.2, 0.25) is 5.91 Å². The first-order valence-electron chi connectivity index (χ1n) is 6.18. The van der Waals surface area contributed by atoms with E-state index < -0.39 is 5.97 Å². The van der Waals surface area contributed by atoms with Gasteiger partial charge in [-0.1, -0.05) is 6.07 Å². The number of rotatable bonds is 3. The molecule has 0 fully saturated rings. The van der Waals surface area contributed by atoms with Gasteiger partial charge in [0.15, 0.2) is 0 Å². The van der Waals surface area contributed by atoms with Gasteiger partial charge in [-0.2, -0.15) is 0 Å². The van der Waals surface area contributed by atoms with E-state index in [2.05, 4.69) is 5.32 Å². The summed E-state index contributed by atoms with van der Waals surface area (Å²) in [6.45, 7) is 1.47. The lowest BCUT2D eigenvalue weighted by Gasteiger charge is -2.25. The van der Waals surface area contributed by atoms with Crippen LogP contribution in [0.15, 0.2) is 18.2 Å². The summed E-state index contributed by atoms with van der Waals surface area (Å²) in [7, 11) is 0. The predicted octanol–water partition coefficient (Wildman–Crippen LogP) is 2.54. The lowest BCUT2D eigenvalue weighted by Crippen LogP contribution is -2.14. The van der Waals surface area contributed by atoms with Crippen LogP contribution in [0.3, 0.4) is 0 Å². The zero-order valence-electron chi connectivity index (χ0n) is 10.4. The molecule has 0 spiro atoms. The van der Waals surface area contributed by atoms with Gasteiger partial charge in [-0.3, -0.25) is 9.59 Å². The Balaban J connectivity index is 2.28. The Labute approximate surface area is 106 Å². The molecular weight excluding hydrogens is 230 g/mol. The van der Waals surface area contributed by atoms with Gasteiger partial charge in [-0.25, -0.2) is 0 Å². The Kier molecular flexibility index (Phi) is 3.65. The second-order valence-electron chi connectivity index (χ2n) is 4.78. The van der Waals surface area contributed by atoms with Crippen molar-refractivity contribution in [3.05, 3.63) is 29.3 Å². The number of carboxylic acid groups (broad SMARTS) is 1. The van der Waals surface area contributed by atoms with Crippen LogP contribution in [0, 0.1) is 0 Å². The molecule has 0 bridgehead atoms. The minimum Gasteiger partial charge on any atom is -0.481 e. The molecule has 1 aliphatic carbocycles. The van der Waals surface area contributed by atoms with Gasteiger partial charge in [0.25, 0.3) is 0 Å². The SMILES string of the molecule is CC(=O)Nc1ccc2c(c1)C(CC(=O)O)CCC2. The predicted molar refractivity (Wildman–Crippen MR) is 68.7 cm³/mol. The Hall–Kier alpha value is -1.84. The fourth-order valence-corrected chi connectivity index (χ4v) is 2.60. The molecule has 1 aromatic carbocycles. The number of anilines is 1. The monoisotopic (exact) mass is 247 g/mol. The van der Waals surface area contributed by atoms with Crippen molar-refractivity contribution in [1.82, 2.24) is 0 Å². The third-order valence-corrected chi connectivity index (χ3v) is 3.33. The lowest BCUT2D eigenvalue weighted by atomic mass is 9.81. The molecule has 4 heteroatoms. The molecule has 96 valence electrons. The van der Waals surface area contributed by atoms with Crippen molar-refractivity contribution in [3.63, 3.8) is 0 Å². The molecule has 2 N–H and O–H groups in total. The van der Waals surface area contributed by atoms with Crippen LogP contribution >= 0.6 is 0 Å². The summed E-state index contributed by atoms with van der Waals surface area (Å²) in [6, 6.07) is 5.79. The van der Waals surface area contributed by atoms with Crippen molar-refractivity contribution in [1.29, 1.82) is 0 Å². The molecule has 1 aliphatic rings. The summed E-state index contributed by atoms with van der Waals surface area (Å²) in [5.74, 6) is -0.807. The number of fused-ring (bicyclic) bond motifs is 1. The number of carbonyl (C=O) groups excluding carboxylic acids is 1. The number of nitrogens with one attached hydrogen (secondary N) is 1. The number of aliphatic carboxylic acids is 1. The fraction of sp³-hybridized carbons (Fsp3) is 0.429. The largest absolute Gasteiger partial charge is 0.481 e. The van der Waals surface area contributed by atoms with Gasteiger partial charge in [-0.15, -0.1) is 0 Å². The molecule has 1 atom stereocenters. The van der Waals surface area contributed by atoms with Crippen molar-refractivity contribution >= 4 is 17.6 Å². The van der Waals surface area contributed by atoms with Gasteiger partial charge in [-0.05, 0) is 48.4 Å². The van der Waals surface area contributed by atoms with Crippen LogP contribution in [-0.4, -0.2) is 17.0 Å². The number of hydrogen-bond acceptors (Lipinski definition) is 2. The van der Waals surface area contributed by atoms with E-state index in [1.165, 1.54) is 12.5 Å². The molecule has 1 aromatic rings. The molecule has 0 aliphatic heterocycles. The van der Waals surface area contributed by atoms with Crippen LogP contribution < -0.4 is 5.32 Å². The van der Waals surface area contributed by atoms with E-state index in [1.54, 1.807) is 0 Å². The quantitative estimate of drug-likeness (QED) is 0.862. The van der Waals surface area contributed by atoms with E-state index in [0.717, 1.165) is 30.5 Å². The zero-order valence-corrected chi connectivity index (χ0v) is 10.4. The maximum absolute atomic E-state index is 11.0. The second-order valence-corrected chi connectivity index (χ2v) is 4.78. The molecule has 1 unspecified atom stereocenters. The van der Waals surface area contributed by atoms with Crippen molar-refractivity contribution in [2.24, 2.45) is 0 Å². The van der Waals surface area contributed by atoms with Gasteiger partial charge < -0.3 is 10.4 Å². The van der Waals surface area contributed by atoms with E-state index in [-0.39, 0.29) is 18.2 Å². The maximum atomic E-state index is 11.0. The maximum Gasteiger partial charge on any atom is 0.303 e. The minimum absolute atomic E-state index is 0.0694. The van der Waals surface area contributed by atoms with Crippen LogP contribution in [0.1, 0.15) is 43.2 Å². The Morgan fingerprint density at radius 3 is 2.89 bits per heavy atom. The number of benzene rings is 1. The number of hydrogen-bond donors (Lipinski definition) is 2. The minimum atomic E-state index is -0.766. The summed E-state index contributed by atoms with van der Waals surface area (Å²) in [5, 5.41) is 11.7. The van der Waals surface area contributed by atoms with E-state index in [0.29, 0.717) is 0 Å². The highest BCUT2D eigenvalue weighted by molar-refractivity contribution is 5.88.